The zero-order valence-electron chi connectivity index (χ0n) is 5.03. The fourth-order valence-corrected chi connectivity index (χ4v) is 0.555. The van der Waals surface area contributed by atoms with E-state index in [-0.39, 0.29) is 24.8 Å². The van der Waals surface area contributed by atoms with Gasteiger partial charge in [-0.3, -0.25) is 0 Å². The first-order valence-corrected chi connectivity index (χ1v) is 2.78. The van der Waals surface area contributed by atoms with Gasteiger partial charge in [-0.1, -0.05) is 0 Å². The highest BCUT2D eigenvalue weighted by molar-refractivity contribution is 6.16. The van der Waals surface area contributed by atoms with Crippen LogP contribution < -0.4 is 0 Å². The summed E-state index contributed by atoms with van der Waals surface area (Å²) in [5.41, 5.74) is 0.863. The van der Waals surface area contributed by atoms with Crippen molar-refractivity contribution in [2.75, 3.05) is 0 Å². The molecule has 0 amide bonds. The van der Waals surface area contributed by atoms with Gasteiger partial charge in [0.25, 0.3) is 0 Å². The molecule has 0 saturated carbocycles. The van der Waals surface area contributed by atoms with Crippen LogP contribution in [-0.4, -0.2) is 9.97 Å². The Morgan fingerprint density at radius 1 is 1.40 bits per heavy atom. The van der Waals surface area contributed by atoms with Gasteiger partial charge in [-0.2, -0.15) is 0 Å². The molecule has 2 nitrogen and oxygen atoms in total. The van der Waals surface area contributed by atoms with E-state index in [1.54, 1.807) is 12.3 Å². The van der Waals surface area contributed by atoms with Crippen molar-refractivity contribution in [3.8, 4) is 0 Å². The molecule has 0 aliphatic heterocycles. The average molecular weight is 201 g/mol. The molecule has 0 N–H and O–H groups in total. The van der Waals surface area contributed by atoms with Crippen LogP contribution in [0.5, 0.6) is 0 Å². The summed E-state index contributed by atoms with van der Waals surface area (Å²) in [4.78, 5) is 7.58. The summed E-state index contributed by atoms with van der Waals surface area (Å²) in [5, 5.41) is 0. The Balaban J connectivity index is 0. The van der Waals surface area contributed by atoms with Crippen LogP contribution in [0.4, 0.5) is 0 Å². The zero-order chi connectivity index (χ0) is 5.82. The van der Waals surface area contributed by atoms with Gasteiger partial charge in [0, 0.05) is 6.20 Å². The molecule has 5 heteroatoms. The molecule has 0 aliphatic carbocycles. The van der Waals surface area contributed by atoms with E-state index >= 15 is 0 Å². The Hall–Kier alpha value is -0.0500. The second-order valence-corrected chi connectivity index (χ2v) is 1.60. The van der Waals surface area contributed by atoms with Crippen molar-refractivity contribution in [3.05, 3.63) is 24.3 Å². The second-order valence-electron chi connectivity index (χ2n) is 1.33. The van der Waals surface area contributed by atoms with Crippen molar-refractivity contribution < 1.29 is 0 Å². The maximum absolute atomic E-state index is 5.44. The van der Waals surface area contributed by atoms with Gasteiger partial charge in [0.05, 0.1) is 11.6 Å². The predicted octanol–water partition coefficient (Wildman–Crippen LogP) is 2.06. The van der Waals surface area contributed by atoms with Gasteiger partial charge < -0.3 is 0 Å². The van der Waals surface area contributed by atoms with Crippen LogP contribution in [-0.2, 0) is 5.88 Å². The third-order valence-corrected chi connectivity index (χ3v) is 1.05. The maximum Gasteiger partial charge on any atom is 0.115 e. The standard InChI is InChI=1S/C5H5ClN2.2ClH/c6-3-5-1-2-7-4-8-5;;/h1-2,4H,3H2;2*1H. The van der Waals surface area contributed by atoms with Crippen molar-refractivity contribution in [1.82, 2.24) is 9.97 Å². The molecular weight excluding hydrogens is 194 g/mol. The minimum atomic E-state index is 0. The van der Waals surface area contributed by atoms with Crippen LogP contribution in [0.25, 0.3) is 0 Å². The Bertz CT molecular complexity index is 156. The van der Waals surface area contributed by atoms with Crippen LogP contribution in [0, 0.1) is 0 Å². The van der Waals surface area contributed by atoms with Gasteiger partial charge in [0.2, 0.25) is 0 Å². The normalized spacial score (nSPS) is 7.30. The number of halogens is 3. The summed E-state index contributed by atoms with van der Waals surface area (Å²) in [6.45, 7) is 0. The summed E-state index contributed by atoms with van der Waals surface area (Å²) in [6, 6.07) is 1.78. The van der Waals surface area contributed by atoms with Crippen LogP contribution in [0.3, 0.4) is 0 Å². The molecule has 0 aromatic carbocycles. The van der Waals surface area contributed by atoms with Crippen LogP contribution >= 0.6 is 36.4 Å². The van der Waals surface area contributed by atoms with E-state index in [1.807, 2.05) is 0 Å². The molecule has 1 heterocycles. The lowest BCUT2D eigenvalue weighted by Crippen LogP contribution is -1.82. The van der Waals surface area contributed by atoms with E-state index in [1.165, 1.54) is 6.33 Å². The molecule has 0 radical (unpaired) electrons. The quantitative estimate of drug-likeness (QED) is 0.650. The third kappa shape index (κ3) is 3.88. The topological polar surface area (TPSA) is 25.8 Å². The summed E-state index contributed by atoms with van der Waals surface area (Å²) in [7, 11) is 0. The number of alkyl halides is 1. The molecule has 10 heavy (non-hydrogen) atoms. The summed E-state index contributed by atoms with van der Waals surface area (Å²) in [5.74, 6) is 0.461. The summed E-state index contributed by atoms with van der Waals surface area (Å²) >= 11 is 5.44. The first-order chi connectivity index (χ1) is 3.93. The highest BCUT2D eigenvalue weighted by Crippen LogP contribution is 1.93. The Morgan fingerprint density at radius 3 is 2.40 bits per heavy atom. The van der Waals surface area contributed by atoms with Crippen molar-refractivity contribution in [1.29, 1.82) is 0 Å². The Morgan fingerprint density at radius 2 is 2.10 bits per heavy atom. The lowest BCUT2D eigenvalue weighted by atomic mass is 10.5. The van der Waals surface area contributed by atoms with Gasteiger partial charge >= 0.3 is 0 Å². The number of hydrogen-bond donors (Lipinski definition) is 0. The van der Waals surface area contributed by atoms with Gasteiger partial charge in [-0.25, -0.2) is 9.97 Å². The Kier molecular flexibility index (Phi) is 8.91. The monoisotopic (exact) mass is 200 g/mol. The first-order valence-electron chi connectivity index (χ1n) is 2.24. The molecule has 0 atom stereocenters. The first kappa shape index (κ1) is 12.6. The maximum atomic E-state index is 5.44. The van der Waals surface area contributed by atoms with E-state index in [4.69, 9.17) is 11.6 Å². The fourth-order valence-electron chi connectivity index (χ4n) is 0.397. The van der Waals surface area contributed by atoms with Gasteiger partial charge in [0.15, 0.2) is 0 Å². The lowest BCUT2D eigenvalue weighted by Gasteiger charge is -1.86. The number of aromatic nitrogens is 2. The van der Waals surface area contributed by atoms with Crippen molar-refractivity contribution in [3.63, 3.8) is 0 Å². The van der Waals surface area contributed by atoms with Crippen molar-refractivity contribution in [2.45, 2.75) is 5.88 Å². The molecule has 0 unspecified atom stereocenters. The van der Waals surface area contributed by atoms with Gasteiger partial charge in [0.1, 0.15) is 6.33 Å². The second kappa shape index (κ2) is 7.06. The van der Waals surface area contributed by atoms with Gasteiger partial charge in [-0.15, -0.1) is 36.4 Å². The van der Waals surface area contributed by atoms with E-state index < -0.39 is 0 Å². The minimum Gasteiger partial charge on any atom is -0.245 e. The van der Waals surface area contributed by atoms with Crippen LogP contribution in [0.15, 0.2) is 18.6 Å². The molecule has 0 fully saturated rings. The van der Waals surface area contributed by atoms with E-state index in [9.17, 15) is 0 Å². The smallest absolute Gasteiger partial charge is 0.115 e. The number of nitrogens with zero attached hydrogens (tertiary/aromatic N) is 2. The molecule has 0 bridgehead atoms. The molecule has 0 spiro atoms. The Labute approximate surface area is 76.8 Å². The number of rotatable bonds is 1. The van der Waals surface area contributed by atoms with Crippen LogP contribution in [0.2, 0.25) is 0 Å². The highest BCUT2D eigenvalue weighted by Gasteiger charge is 1.84. The van der Waals surface area contributed by atoms with E-state index in [0.29, 0.717) is 5.88 Å². The fraction of sp³-hybridized carbons (Fsp3) is 0.200. The lowest BCUT2D eigenvalue weighted by molar-refractivity contribution is 1.08. The summed E-state index contributed by atoms with van der Waals surface area (Å²) in [6.07, 6.45) is 3.16. The van der Waals surface area contributed by atoms with Crippen molar-refractivity contribution in [2.24, 2.45) is 0 Å². The largest absolute Gasteiger partial charge is 0.245 e. The molecule has 0 aliphatic rings. The molecule has 0 saturated heterocycles. The molecule has 1 rings (SSSR count). The highest BCUT2D eigenvalue weighted by atomic mass is 35.5. The van der Waals surface area contributed by atoms with Gasteiger partial charge in [-0.05, 0) is 6.07 Å². The summed E-state index contributed by atoms with van der Waals surface area (Å²) < 4.78 is 0. The molecule has 1 aromatic heterocycles. The number of hydrogen-bond acceptors (Lipinski definition) is 2. The SMILES string of the molecule is Cl.Cl.ClCc1ccncn1. The molecule has 58 valence electrons. The van der Waals surface area contributed by atoms with Crippen LogP contribution in [0.1, 0.15) is 5.69 Å². The minimum absolute atomic E-state index is 0. The van der Waals surface area contributed by atoms with Crippen molar-refractivity contribution >= 4 is 36.4 Å². The predicted molar refractivity (Wildman–Crippen MR) is 46.1 cm³/mol. The van der Waals surface area contributed by atoms with E-state index in [0.717, 1.165) is 5.69 Å². The third-order valence-electron chi connectivity index (χ3n) is 0.780. The molecular formula is C5H7Cl3N2. The molecule has 1 aromatic rings. The van der Waals surface area contributed by atoms with E-state index in [2.05, 4.69) is 9.97 Å². The average Bonchev–Trinajstić information content (AvgIpc) is 1.90. The zero-order valence-corrected chi connectivity index (χ0v) is 7.42.